The topological polar surface area (TPSA) is 50.8 Å². The van der Waals surface area contributed by atoms with Crippen molar-refractivity contribution >= 4 is 11.6 Å². The second-order valence-electron chi connectivity index (χ2n) is 5.60. The van der Waals surface area contributed by atoms with Gasteiger partial charge in [0.25, 0.3) is 5.91 Å². The molecule has 5 nitrogen and oxygen atoms in total. The summed E-state index contributed by atoms with van der Waals surface area (Å²) in [5, 5.41) is 3.32. The summed E-state index contributed by atoms with van der Waals surface area (Å²) in [6.07, 6.45) is -0.131. The lowest BCUT2D eigenvalue weighted by atomic mass is 10.1. The minimum absolute atomic E-state index is 0.0142. The molecule has 1 saturated heterocycles. The van der Waals surface area contributed by atoms with Gasteiger partial charge < -0.3 is 19.7 Å². The summed E-state index contributed by atoms with van der Waals surface area (Å²) in [5.74, 6) is 0.0142. The van der Waals surface area contributed by atoms with E-state index in [4.69, 9.17) is 9.47 Å². The summed E-state index contributed by atoms with van der Waals surface area (Å²) in [6.45, 7) is 5.23. The number of ether oxygens (including phenoxy) is 2. The van der Waals surface area contributed by atoms with Crippen LogP contribution in [0.3, 0.4) is 0 Å². The van der Waals surface area contributed by atoms with Gasteiger partial charge >= 0.3 is 0 Å². The molecule has 0 aromatic heterocycles. The van der Waals surface area contributed by atoms with Gasteiger partial charge in [-0.25, -0.2) is 0 Å². The Morgan fingerprint density at radius 3 is 2.29 bits per heavy atom. The van der Waals surface area contributed by atoms with Crippen molar-refractivity contribution in [3.63, 3.8) is 0 Å². The van der Waals surface area contributed by atoms with Gasteiger partial charge in [0.2, 0.25) is 0 Å². The largest absolute Gasteiger partial charge is 0.382 e. The lowest BCUT2D eigenvalue weighted by Crippen LogP contribution is -2.31. The first-order valence-corrected chi connectivity index (χ1v) is 7.27. The number of anilines is 1. The summed E-state index contributed by atoms with van der Waals surface area (Å²) >= 11 is 0. The molecule has 21 heavy (non-hydrogen) atoms. The molecule has 1 heterocycles. The average molecular weight is 292 g/mol. The maximum Gasteiger partial charge on any atom is 0.256 e. The SMILES string of the molecule is COC1CN(C(=O)c2ccccc2NC(C)C)CC1OC. The van der Waals surface area contributed by atoms with Gasteiger partial charge in [-0.2, -0.15) is 0 Å². The van der Waals surface area contributed by atoms with Crippen molar-refractivity contribution in [3.8, 4) is 0 Å². The maximum absolute atomic E-state index is 12.7. The molecule has 5 heteroatoms. The first kappa shape index (κ1) is 15.8. The lowest BCUT2D eigenvalue weighted by Gasteiger charge is -2.19. The highest BCUT2D eigenvalue weighted by atomic mass is 16.5. The second-order valence-corrected chi connectivity index (χ2v) is 5.60. The van der Waals surface area contributed by atoms with Crippen LogP contribution in [0.15, 0.2) is 24.3 Å². The molecule has 0 saturated carbocycles. The summed E-state index contributed by atoms with van der Waals surface area (Å²) in [6, 6.07) is 7.88. The zero-order valence-corrected chi connectivity index (χ0v) is 13.1. The van der Waals surface area contributed by atoms with Crippen molar-refractivity contribution < 1.29 is 14.3 Å². The van der Waals surface area contributed by atoms with Gasteiger partial charge in [0, 0.05) is 39.0 Å². The van der Waals surface area contributed by atoms with Crippen molar-refractivity contribution in [2.24, 2.45) is 0 Å². The van der Waals surface area contributed by atoms with Crippen LogP contribution < -0.4 is 5.32 Å². The number of amides is 1. The molecule has 1 fully saturated rings. The molecule has 0 radical (unpaired) electrons. The van der Waals surface area contributed by atoms with Gasteiger partial charge in [0.05, 0.1) is 5.56 Å². The number of nitrogens with zero attached hydrogens (tertiary/aromatic N) is 1. The van der Waals surface area contributed by atoms with Crippen LogP contribution in [0.25, 0.3) is 0 Å². The van der Waals surface area contributed by atoms with Gasteiger partial charge in [-0.05, 0) is 26.0 Å². The van der Waals surface area contributed by atoms with E-state index in [1.807, 2.05) is 24.3 Å². The van der Waals surface area contributed by atoms with E-state index in [-0.39, 0.29) is 24.2 Å². The van der Waals surface area contributed by atoms with Crippen molar-refractivity contribution in [1.82, 2.24) is 4.90 Å². The van der Waals surface area contributed by atoms with E-state index >= 15 is 0 Å². The molecule has 1 aromatic rings. The smallest absolute Gasteiger partial charge is 0.256 e. The van der Waals surface area contributed by atoms with Crippen LogP contribution in [0, 0.1) is 0 Å². The molecule has 2 rings (SSSR count). The van der Waals surface area contributed by atoms with E-state index in [0.717, 1.165) is 5.69 Å². The number of benzene rings is 1. The van der Waals surface area contributed by atoms with E-state index in [9.17, 15) is 4.79 Å². The van der Waals surface area contributed by atoms with Crippen LogP contribution in [0.4, 0.5) is 5.69 Å². The van der Waals surface area contributed by atoms with Crippen molar-refractivity contribution in [2.75, 3.05) is 32.6 Å². The Morgan fingerprint density at radius 1 is 1.19 bits per heavy atom. The number of hydrogen-bond acceptors (Lipinski definition) is 4. The molecule has 1 aliphatic heterocycles. The predicted octanol–water partition coefficient (Wildman–Crippen LogP) is 1.99. The molecule has 2 atom stereocenters. The molecule has 0 spiro atoms. The highest BCUT2D eigenvalue weighted by molar-refractivity contribution is 5.99. The van der Waals surface area contributed by atoms with Gasteiger partial charge in [-0.3, -0.25) is 4.79 Å². The zero-order chi connectivity index (χ0) is 15.4. The molecule has 116 valence electrons. The molecule has 1 aliphatic rings. The van der Waals surface area contributed by atoms with Gasteiger partial charge in [-0.15, -0.1) is 0 Å². The summed E-state index contributed by atoms with van der Waals surface area (Å²) in [5.41, 5.74) is 1.56. The number of methoxy groups -OCH3 is 2. The van der Waals surface area contributed by atoms with E-state index in [1.165, 1.54) is 0 Å². The van der Waals surface area contributed by atoms with Gasteiger partial charge in [0.15, 0.2) is 0 Å². The van der Waals surface area contributed by atoms with Gasteiger partial charge in [0.1, 0.15) is 12.2 Å². The number of para-hydroxylation sites is 1. The third kappa shape index (κ3) is 3.54. The van der Waals surface area contributed by atoms with Crippen LogP contribution in [-0.4, -0.2) is 56.4 Å². The average Bonchev–Trinajstić information content (AvgIpc) is 2.89. The van der Waals surface area contributed by atoms with Crippen LogP contribution in [0.1, 0.15) is 24.2 Å². The Balaban J connectivity index is 2.17. The lowest BCUT2D eigenvalue weighted by molar-refractivity contribution is -0.00461. The fourth-order valence-electron chi connectivity index (χ4n) is 2.64. The van der Waals surface area contributed by atoms with E-state index in [0.29, 0.717) is 18.7 Å². The molecule has 2 unspecified atom stereocenters. The van der Waals surface area contributed by atoms with Crippen molar-refractivity contribution in [1.29, 1.82) is 0 Å². The molecule has 1 amide bonds. The Labute approximate surface area is 126 Å². The Bertz CT molecular complexity index is 478. The van der Waals surface area contributed by atoms with Crippen molar-refractivity contribution in [2.45, 2.75) is 32.1 Å². The van der Waals surface area contributed by atoms with E-state index in [1.54, 1.807) is 19.1 Å². The third-order valence-corrected chi connectivity index (χ3v) is 3.71. The maximum atomic E-state index is 12.7. The normalized spacial score (nSPS) is 21.9. The summed E-state index contributed by atoms with van der Waals surface area (Å²) in [7, 11) is 3.30. The number of nitrogens with one attached hydrogen (secondary N) is 1. The van der Waals surface area contributed by atoms with Crippen molar-refractivity contribution in [3.05, 3.63) is 29.8 Å². The number of carbonyl (C=O) groups is 1. The van der Waals surface area contributed by atoms with Crippen LogP contribution in [0.2, 0.25) is 0 Å². The fraction of sp³-hybridized carbons (Fsp3) is 0.562. The predicted molar refractivity (Wildman–Crippen MR) is 82.7 cm³/mol. The van der Waals surface area contributed by atoms with E-state index in [2.05, 4.69) is 19.2 Å². The first-order chi connectivity index (χ1) is 10.1. The standard InChI is InChI=1S/C16H24N2O3/c1-11(2)17-13-8-6-5-7-12(13)16(19)18-9-14(20-3)15(10-18)21-4/h5-8,11,14-15,17H,9-10H2,1-4H3. The fourth-order valence-corrected chi connectivity index (χ4v) is 2.64. The Kier molecular flexibility index (Phi) is 5.20. The molecule has 0 aliphatic carbocycles. The highest BCUT2D eigenvalue weighted by Crippen LogP contribution is 2.22. The Morgan fingerprint density at radius 2 is 1.76 bits per heavy atom. The second kappa shape index (κ2) is 6.91. The molecule has 0 bridgehead atoms. The molecule has 1 N–H and O–H groups in total. The summed E-state index contributed by atoms with van der Waals surface area (Å²) in [4.78, 5) is 14.5. The van der Waals surface area contributed by atoms with E-state index < -0.39 is 0 Å². The van der Waals surface area contributed by atoms with Crippen LogP contribution in [0.5, 0.6) is 0 Å². The number of carbonyl (C=O) groups excluding carboxylic acids is 1. The monoisotopic (exact) mass is 292 g/mol. The number of hydrogen-bond donors (Lipinski definition) is 1. The van der Waals surface area contributed by atoms with Crippen LogP contribution >= 0.6 is 0 Å². The minimum Gasteiger partial charge on any atom is -0.382 e. The first-order valence-electron chi connectivity index (χ1n) is 7.27. The Hall–Kier alpha value is -1.59. The number of likely N-dealkylation sites (tertiary alicyclic amines) is 1. The third-order valence-electron chi connectivity index (χ3n) is 3.71. The summed E-state index contributed by atoms with van der Waals surface area (Å²) < 4.78 is 10.8. The molecular weight excluding hydrogens is 268 g/mol. The molecular formula is C16H24N2O3. The molecule has 1 aromatic carbocycles. The number of rotatable bonds is 5. The quantitative estimate of drug-likeness (QED) is 0.902. The highest BCUT2D eigenvalue weighted by Gasteiger charge is 2.36. The van der Waals surface area contributed by atoms with Crippen LogP contribution in [-0.2, 0) is 9.47 Å². The minimum atomic E-state index is -0.0656. The van der Waals surface area contributed by atoms with Gasteiger partial charge in [-0.1, -0.05) is 12.1 Å². The zero-order valence-electron chi connectivity index (χ0n) is 13.1.